The molecule has 0 saturated carbocycles. The van der Waals surface area contributed by atoms with Gasteiger partial charge >= 0.3 is 0 Å². The van der Waals surface area contributed by atoms with E-state index >= 15 is 0 Å². The highest BCUT2D eigenvalue weighted by molar-refractivity contribution is 7.09. The van der Waals surface area contributed by atoms with Gasteiger partial charge in [0.1, 0.15) is 5.76 Å². The lowest BCUT2D eigenvalue weighted by Gasteiger charge is -2.19. The van der Waals surface area contributed by atoms with Gasteiger partial charge in [0.25, 0.3) is 0 Å². The maximum absolute atomic E-state index is 5.70. The van der Waals surface area contributed by atoms with Crippen LogP contribution in [-0.2, 0) is 11.2 Å². The molecule has 1 atom stereocenters. The summed E-state index contributed by atoms with van der Waals surface area (Å²) in [6.45, 7) is 4.15. The van der Waals surface area contributed by atoms with Gasteiger partial charge in [0, 0.05) is 11.3 Å². The molecule has 2 rings (SSSR count). The van der Waals surface area contributed by atoms with Gasteiger partial charge in [-0.2, -0.15) is 0 Å². The summed E-state index contributed by atoms with van der Waals surface area (Å²) in [6.07, 6.45) is 8.08. The summed E-state index contributed by atoms with van der Waals surface area (Å²) in [4.78, 5) is 1.49. The minimum atomic E-state index is 0.424. The first kappa shape index (κ1) is 13.6. The number of nitrogens with one attached hydrogen (secondary N) is 1. The number of thiophene rings is 1. The van der Waals surface area contributed by atoms with Crippen LogP contribution in [0.3, 0.4) is 0 Å². The molecule has 0 aliphatic carbocycles. The van der Waals surface area contributed by atoms with Gasteiger partial charge < -0.3 is 10.1 Å². The smallest absolute Gasteiger partial charge is 0.109 e. The molecule has 0 spiro atoms. The second kappa shape index (κ2) is 7.59. The molecule has 1 aromatic heterocycles. The van der Waals surface area contributed by atoms with E-state index in [2.05, 4.69) is 35.8 Å². The zero-order valence-corrected chi connectivity index (χ0v) is 12.0. The van der Waals surface area contributed by atoms with E-state index in [4.69, 9.17) is 4.74 Å². The van der Waals surface area contributed by atoms with Gasteiger partial charge in [0.2, 0.25) is 0 Å². The Labute approximate surface area is 114 Å². The van der Waals surface area contributed by atoms with E-state index in [9.17, 15) is 0 Å². The lowest BCUT2D eigenvalue weighted by molar-refractivity contribution is 0.210. The fourth-order valence-electron chi connectivity index (χ4n) is 2.28. The van der Waals surface area contributed by atoms with E-state index in [1.165, 1.54) is 36.3 Å². The highest BCUT2D eigenvalue weighted by atomic mass is 32.1. The third kappa shape index (κ3) is 4.14. The van der Waals surface area contributed by atoms with Crippen molar-refractivity contribution < 1.29 is 4.74 Å². The van der Waals surface area contributed by atoms with Crippen LogP contribution < -0.4 is 5.32 Å². The van der Waals surface area contributed by atoms with Crippen molar-refractivity contribution in [1.82, 2.24) is 5.32 Å². The van der Waals surface area contributed by atoms with Gasteiger partial charge in [-0.25, -0.2) is 0 Å². The predicted molar refractivity (Wildman–Crippen MR) is 78.0 cm³/mol. The molecule has 1 N–H and O–H groups in total. The Morgan fingerprint density at radius 2 is 2.44 bits per heavy atom. The van der Waals surface area contributed by atoms with Crippen molar-refractivity contribution in [2.45, 2.75) is 45.1 Å². The Morgan fingerprint density at radius 1 is 1.50 bits per heavy atom. The van der Waals surface area contributed by atoms with Crippen LogP contribution in [-0.4, -0.2) is 19.2 Å². The van der Waals surface area contributed by atoms with Gasteiger partial charge in [0.05, 0.1) is 12.6 Å². The van der Waals surface area contributed by atoms with Crippen LogP contribution in [0, 0.1) is 0 Å². The first-order valence-corrected chi connectivity index (χ1v) is 7.86. The zero-order chi connectivity index (χ0) is 12.6. The van der Waals surface area contributed by atoms with Crippen molar-refractivity contribution in [2.75, 3.05) is 13.2 Å². The SMILES string of the molecule is CCCNC(CCCc1cccs1)C1=CCCO1. The Morgan fingerprint density at radius 3 is 3.11 bits per heavy atom. The normalized spacial score (nSPS) is 16.4. The topological polar surface area (TPSA) is 21.3 Å². The quantitative estimate of drug-likeness (QED) is 0.773. The summed E-state index contributed by atoms with van der Waals surface area (Å²) in [5.41, 5.74) is 0. The van der Waals surface area contributed by atoms with Crippen molar-refractivity contribution in [2.24, 2.45) is 0 Å². The minimum absolute atomic E-state index is 0.424. The summed E-state index contributed by atoms with van der Waals surface area (Å²) in [5.74, 6) is 1.18. The van der Waals surface area contributed by atoms with Crippen LogP contribution in [0.2, 0.25) is 0 Å². The number of hydrogen-bond donors (Lipinski definition) is 1. The maximum Gasteiger partial charge on any atom is 0.109 e. The molecule has 0 fully saturated rings. The summed E-state index contributed by atoms with van der Waals surface area (Å²) >= 11 is 1.86. The molecule has 0 radical (unpaired) electrons. The van der Waals surface area contributed by atoms with E-state index in [0.717, 1.165) is 19.6 Å². The Kier molecular flexibility index (Phi) is 5.75. The summed E-state index contributed by atoms with van der Waals surface area (Å²) < 4.78 is 5.70. The Hall–Kier alpha value is -0.800. The number of rotatable bonds is 8. The van der Waals surface area contributed by atoms with Crippen molar-refractivity contribution in [1.29, 1.82) is 0 Å². The Bertz CT molecular complexity index is 359. The lowest BCUT2D eigenvalue weighted by atomic mass is 10.1. The molecular weight excluding hydrogens is 242 g/mol. The lowest BCUT2D eigenvalue weighted by Crippen LogP contribution is -2.32. The summed E-state index contributed by atoms with van der Waals surface area (Å²) in [6, 6.07) is 4.78. The van der Waals surface area contributed by atoms with E-state index in [1.54, 1.807) is 0 Å². The molecule has 0 amide bonds. The average molecular weight is 265 g/mol. The predicted octanol–water partition coefficient (Wildman–Crippen LogP) is 3.74. The summed E-state index contributed by atoms with van der Waals surface area (Å²) in [5, 5.41) is 5.76. The summed E-state index contributed by atoms with van der Waals surface area (Å²) in [7, 11) is 0. The highest BCUT2D eigenvalue weighted by Crippen LogP contribution is 2.19. The molecule has 2 heterocycles. The van der Waals surface area contributed by atoms with Crippen molar-refractivity contribution in [3.63, 3.8) is 0 Å². The molecule has 1 aromatic rings. The molecule has 18 heavy (non-hydrogen) atoms. The molecule has 0 bridgehead atoms. The van der Waals surface area contributed by atoms with Crippen LogP contribution >= 0.6 is 11.3 Å². The standard InChI is InChI=1S/C15H23NOS/c1-2-10-16-14(15-9-4-11-17-15)8-3-6-13-7-5-12-18-13/h5,7,9,12,14,16H,2-4,6,8,10-11H2,1H3. The van der Waals surface area contributed by atoms with Gasteiger partial charge in [-0.05, 0) is 49.8 Å². The van der Waals surface area contributed by atoms with Gasteiger partial charge in [0.15, 0.2) is 0 Å². The zero-order valence-electron chi connectivity index (χ0n) is 11.2. The monoisotopic (exact) mass is 265 g/mol. The van der Waals surface area contributed by atoms with Crippen LogP contribution in [0.4, 0.5) is 0 Å². The molecular formula is C15H23NOS. The van der Waals surface area contributed by atoms with E-state index < -0.39 is 0 Å². The van der Waals surface area contributed by atoms with Crippen LogP contribution in [0.5, 0.6) is 0 Å². The second-order valence-electron chi connectivity index (χ2n) is 4.72. The molecule has 1 aliphatic heterocycles. The first-order chi connectivity index (χ1) is 8.90. The molecule has 100 valence electrons. The van der Waals surface area contributed by atoms with Crippen LogP contribution in [0.15, 0.2) is 29.3 Å². The van der Waals surface area contributed by atoms with Crippen molar-refractivity contribution in [3.05, 3.63) is 34.2 Å². The van der Waals surface area contributed by atoms with Gasteiger partial charge in [-0.15, -0.1) is 11.3 Å². The van der Waals surface area contributed by atoms with Crippen molar-refractivity contribution in [3.8, 4) is 0 Å². The van der Waals surface area contributed by atoms with Crippen LogP contribution in [0.1, 0.15) is 37.5 Å². The van der Waals surface area contributed by atoms with E-state index in [0.29, 0.717) is 6.04 Å². The van der Waals surface area contributed by atoms with Crippen molar-refractivity contribution >= 4 is 11.3 Å². The average Bonchev–Trinajstić information content (AvgIpc) is 3.05. The fraction of sp³-hybridized carbons (Fsp3) is 0.600. The molecule has 1 aliphatic rings. The van der Waals surface area contributed by atoms with Crippen LogP contribution in [0.25, 0.3) is 0 Å². The number of aryl methyl sites for hydroxylation is 1. The maximum atomic E-state index is 5.70. The molecule has 2 nitrogen and oxygen atoms in total. The number of hydrogen-bond acceptors (Lipinski definition) is 3. The molecule has 1 unspecified atom stereocenters. The van der Waals surface area contributed by atoms with E-state index in [-0.39, 0.29) is 0 Å². The van der Waals surface area contributed by atoms with Gasteiger partial charge in [-0.1, -0.05) is 13.0 Å². The number of ether oxygens (including phenoxy) is 1. The van der Waals surface area contributed by atoms with Gasteiger partial charge in [-0.3, -0.25) is 0 Å². The fourth-order valence-corrected chi connectivity index (χ4v) is 3.03. The third-order valence-corrected chi connectivity index (χ3v) is 4.15. The molecule has 0 saturated heterocycles. The Balaban J connectivity index is 1.77. The van der Waals surface area contributed by atoms with E-state index in [1.807, 2.05) is 11.3 Å². The second-order valence-corrected chi connectivity index (χ2v) is 5.75. The minimum Gasteiger partial charge on any atom is -0.496 e. The highest BCUT2D eigenvalue weighted by Gasteiger charge is 2.17. The third-order valence-electron chi connectivity index (χ3n) is 3.21. The first-order valence-electron chi connectivity index (χ1n) is 6.98. The molecule has 3 heteroatoms. The molecule has 0 aromatic carbocycles. The largest absolute Gasteiger partial charge is 0.496 e.